The van der Waals surface area contributed by atoms with Gasteiger partial charge in [-0.05, 0) is 38.1 Å². The van der Waals surface area contributed by atoms with E-state index in [1.165, 1.54) is 28.9 Å². The lowest BCUT2D eigenvalue weighted by Crippen LogP contribution is -2.20. The number of nitrogens with one attached hydrogen (secondary N) is 1. The van der Waals surface area contributed by atoms with Gasteiger partial charge in [-0.1, -0.05) is 11.8 Å². The molecule has 3 N–H and O–H groups in total. The number of ether oxygens (including phenoxy) is 1. The Kier molecular flexibility index (Phi) is 6.14. The van der Waals surface area contributed by atoms with E-state index in [-0.39, 0.29) is 30.1 Å². The maximum Gasteiger partial charge on any atom is 0.235 e. The van der Waals surface area contributed by atoms with Crippen LogP contribution in [0.4, 0.5) is 10.2 Å². The molecule has 2 aromatic heterocycles. The first kappa shape index (κ1) is 19.7. The molecule has 0 fully saturated rings. The summed E-state index contributed by atoms with van der Waals surface area (Å²) in [6, 6.07) is 7.48. The number of thioether (sulfide) groups is 1. The van der Waals surface area contributed by atoms with E-state index in [1.54, 1.807) is 16.9 Å². The third kappa shape index (κ3) is 4.80. The molecule has 1 amide bonds. The highest BCUT2D eigenvalue weighted by atomic mass is 32.2. The molecule has 0 atom stereocenters. The molecule has 0 unspecified atom stereocenters. The van der Waals surface area contributed by atoms with Crippen molar-refractivity contribution in [3.05, 3.63) is 48.2 Å². The van der Waals surface area contributed by atoms with Crippen molar-refractivity contribution in [2.45, 2.75) is 31.7 Å². The predicted molar refractivity (Wildman–Crippen MR) is 103 cm³/mol. The van der Waals surface area contributed by atoms with E-state index in [4.69, 9.17) is 10.6 Å². The van der Waals surface area contributed by atoms with Crippen LogP contribution in [0.1, 0.15) is 25.7 Å². The van der Waals surface area contributed by atoms with Crippen LogP contribution in [0.3, 0.4) is 0 Å². The molecule has 3 aromatic rings. The molecule has 0 aliphatic carbocycles. The van der Waals surface area contributed by atoms with Crippen LogP contribution in [0.5, 0.6) is 5.75 Å². The first-order chi connectivity index (χ1) is 13.4. The normalized spacial score (nSPS) is 11.0. The van der Waals surface area contributed by atoms with Gasteiger partial charge >= 0.3 is 0 Å². The van der Waals surface area contributed by atoms with Crippen molar-refractivity contribution >= 4 is 23.5 Å². The van der Waals surface area contributed by atoms with Crippen molar-refractivity contribution in [2.75, 3.05) is 16.9 Å². The molecule has 0 saturated carbocycles. The van der Waals surface area contributed by atoms with E-state index >= 15 is 0 Å². The van der Waals surface area contributed by atoms with E-state index in [1.807, 2.05) is 13.8 Å². The first-order valence-corrected chi connectivity index (χ1v) is 9.46. The predicted octanol–water partition coefficient (Wildman–Crippen LogP) is 2.22. The summed E-state index contributed by atoms with van der Waals surface area (Å²) in [6.45, 7) is 4.02. The molecule has 28 heavy (non-hydrogen) atoms. The fourth-order valence-electron chi connectivity index (χ4n) is 2.32. The van der Waals surface area contributed by atoms with Crippen LogP contribution in [-0.2, 0) is 11.4 Å². The Labute approximate surface area is 165 Å². The highest BCUT2D eigenvalue weighted by Gasteiger charge is 2.14. The molecular formula is C17H20FN7O2S. The Hall–Kier alpha value is -3.08. The van der Waals surface area contributed by atoms with Gasteiger partial charge in [0.05, 0.1) is 11.9 Å². The third-order valence-electron chi connectivity index (χ3n) is 3.68. The number of hydrogen-bond donors (Lipinski definition) is 2. The van der Waals surface area contributed by atoms with Crippen LogP contribution in [0.25, 0.3) is 0 Å². The molecule has 3 rings (SSSR count). The lowest BCUT2D eigenvalue weighted by molar-refractivity contribution is -0.113. The monoisotopic (exact) mass is 405 g/mol. The summed E-state index contributed by atoms with van der Waals surface area (Å²) in [6.07, 6.45) is 1.63. The van der Waals surface area contributed by atoms with Gasteiger partial charge in [0.1, 0.15) is 24.0 Å². The van der Waals surface area contributed by atoms with E-state index in [9.17, 15) is 9.18 Å². The number of nitrogens with two attached hydrogens (primary N) is 1. The SMILES string of the molecule is CC(C)n1nccc1NC(=O)CSc1nnc(COc2ccc(F)cc2)n1N. The Bertz CT molecular complexity index is 939. The lowest BCUT2D eigenvalue weighted by atomic mass is 10.3. The third-order valence-corrected chi connectivity index (χ3v) is 4.62. The topological polar surface area (TPSA) is 113 Å². The number of amides is 1. The van der Waals surface area contributed by atoms with Gasteiger partial charge in [0.15, 0.2) is 5.82 Å². The van der Waals surface area contributed by atoms with Gasteiger partial charge in [-0.2, -0.15) is 5.10 Å². The highest BCUT2D eigenvalue weighted by Crippen LogP contribution is 2.18. The minimum absolute atomic E-state index is 0.0649. The second kappa shape index (κ2) is 8.74. The van der Waals surface area contributed by atoms with Crippen LogP contribution in [0, 0.1) is 5.82 Å². The number of carbonyl (C=O) groups excluding carboxylic acids is 1. The fraction of sp³-hybridized carbons (Fsp3) is 0.294. The fourth-order valence-corrected chi connectivity index (χ4v) is 2.99. The first-order valence-electron chi connectivity index (χ1n) is 8.48. The van der Waals surface area contributed by atoms with Crippen molar-refractivity contribution in [3.63, 3.8) is 0 Å². The van der Waals surface area contributed by atoms with Crippen molar-refractivity contribution in [1.29, 1.82) is 0 Å². The molecule has 0 radical (unpaired) electrons. The van der Waals surface area contributed by atoms with E-state index < -0.39 is 0 Å². The molecule has 1 aromatic carbocycles. The summed E-state index contributed by atoms with van der Waals surface area (Å²) >= 11 is 1.15. The van der Waals surface area contributed by atoms with Crippen LogP contribution >= 0.6 is 11.8 Å². The molecule has 9 nitrogen and oxygen atoms in total. The van der Waals surface area contributed by atoms with Crippen molar-refractivity contribution in [3.8, 4) is 5.75 Å². The minimum atomic E-state index is -0.345. The van der Waals surface area contributed by atoms with Gasteiger partial charge in [0, 0.05) is 12.1 Å². The number of aromatic nitrogens is 5. The zero-order valence-corrected chi connectivity index (χ0v) is 16.2. The minimum Gasteiger partial charge on any atom is -0.486 e. The summed E-state index contributed by atoms with van der Waals surface area (Å²) in [5, 5.41) is 15.3. The quantitative estimate of drug-likeness (QED) is 0.436. The molecule has 148 valence electrons. The van der Waals surface area contributed by atoms with Crippen LogP contribution in [-0.4, -0.2) is 36.3 Å². The summed E-state index contributed by atoms with van der Waals surface area (Å²) in [5.74, 6) is 7.01. The maximum absolute atomic E-state index is 12.9. The summed E-state index contributed by atoms with van der Waals surface area (Å²) in [7, 11) is 0. The van der Waals surface area contributed by atoms with Gasteiger partial charge < -0.3 is 15.9 Å². The van der Waals surface area contributed by atoms with Gasteiger partial charge in [-0.15, -0.1) is 10.2 Å². The molecule has 0 spiro atoms. The molecule has 0 aliphatic heterocycles. The molecule has 0 bridgehead atoms. The summed E-state index contributed by atoms with van der Waals surface area (Å²) in [4.78, 5) is 12.2. The number of halogens is 1. The van der Waals surface area contributed by atoms with E-state index in [0.717, 1.165) is 11.8 Å². The highest BCUT2D eigenvalue weighted by molar-refractivity contribution is 7.99. The van der Waals surface area contributed by atoms with E-state index in [2.05, 4.69) is 20.6 Å². The smallest absolute Gasteiger partial charge is 0.235 e. The van der Waals surface area contributed by atoms with Crippen molar-refractivity contribution < 1.29 is 13.9 Å². The number of benzene rings is 1. The van der Waals surface area contributed by atoms with Crippen LogP contribution in [0.2, 0.25) is 0 Å². The Morgan fingerprint density at radius 2 is 2.04 bits per heavy atom. The number of carbonyl (C=O) groups is 1. The Morgan fingerprint density at radius 1 is 1.29 bits per heavy atom. The largest absolute Gasteiger partial charge is 0.486 e. The number of hydrogen-bond acceptors (Lipinski definition) is 7. The van der Waals surface area contributed by atoms with Crippen LogP contribution in [0.15, 0.2) is 41.7 Å². The van der Waals surface area contributed by atoms with Crippen LogP contribution < -0.4 is 15.9 Å². The summed E-state index contributed by atoms with van der Waals surface area (Å²) < 4.78 is 21.4. The number of rotatable bonds is 8. The zero-order chi connectivity index (χ0) is 20.1. The van der Waals surface area contributed by atoms with Crippen molar-refractivity contribution in [1.82, 2.24) is 24.7 Å². The molecule has 0 saturated heterocycles. The average Bonchev–Trinajstić information content (AvgIpc) is 3.26. The van der Waals surface area contributed by atoms with E-state index in [0.29, 0.717) is 22.5 Å². The molecular weight excluding hydrogens is 385 g/mol. The van der Waals surface area contributed by atoms with Crippen molar-refractivity contribution in [2.24, 2.45) is 0 Å². The van der Waals surface area contributed by atoms with Gasteiger partial charge in [0.2, 0.25) is 11.1 Å². The standard InChI is InChI=1S/C17H20FN7O2S/c1-11(2)25-14(7-8-20-25)21-16(26)10-28-17-23-22-15(24(17)19)9-27-13-5-3-12(18)4-6-13/h3-8,11H,9-10,19H2,1-2H3,(H,21,26). The second-order valence-electron chi connectivity index (χ2n) is 6.10. The molecule has 2 heterocycles. The lowest BCUT2D eigenvalue weighted by Gasteiger charge is -2.11. The zero-order valence-electron chi connectivity index (χ0n) is 15.4. The maximum atomic E-state index is 12.9. The molecule has 0 aliphatic rings. The summed E-state index contributed by atoms with van der Waals surface area (Å²) in [5.41, 5.74) is 0. The average molecular weight is 405 g/mol. The second-order valence-corrected chi connectivity index (χ2v) is 7.05. The number of anilines is 1. The van der Waals surface area contributed by atoms with Gasteiger partial charge in [-0.25, -0.2) is 13.7 Å². The van der Waals surface area contributed by atoms with Gasteiger partial charge in [-0.3, -0.25) is 4.79 Å². The van der Waals surface area contributed by atoms with Gasteiger partial charge in [0.25, 0.3) is 0 Å². The Morgan fingerprint density at radius 3 is 2.75 bits per heavy atom. The Balaban J connectivity index is 1.53. The molecule has 11 heteroatoms. The number of nitrogen functional groups attached to an aromatic ring is 1. The number of nitrogens with zero attached hydrogens (tertiary/aromatic N) is 5.